The summed E-state index contributed by atoms with van der Waals surface area (Å²) >= 11 is 6.26. The first kappa shape index (κ1) is 22.8. The van der Waals surface area contributed by atoms with Gasteiger partial charge in [-0.15, -0.1) is 0 Å². The first-order chi connectivity index (χ1) is 16.5. The monoisotopic (exact) mass is 487 g/mol. The molecule has 4 N–H and O–H groups in total. The van der Waals surface area contributed by atoms with Crippen LogP contribution < -0.4 is 16.4 Å². The van der Waals surface area contributed by atoms with E-state index in [1.807, 2.05) is 4.57 Å². The predicted octanol–water partition coefficient (Wildman–Crippen LogP) is 4.17. The van der Waals surface area contributed by atoms with Crippen LogP contribution in [0.4, 0.5) is 22.0 Å². The Hall–Kier alpha value is -2.98. The maximum atomic E-state index is 13.6. The van der Waals surface area contributed by atoms with Crippen molar-refractivity contribution in [1.82, 2.24) is 19.5 Å². The highest BCUT2D eigenvalue weighted by atomic mass is 35.5. The Morgan fingerprint density at radius 3 is 2.62 bits per heavy atom. The van der Waals surface area contributed by atoms with Crippen molar-refractivity contribution in [3.05, 3.63) is 35.2 Å². The van der Waals surface area contributed by atoms with E-state index < -0.39 is 5.82 Å². The molecule has 1 saturated carbocycles. The van der Waals surface area contributed by atoms with Crippen molar-refractivity contribution >= 4 is 46.3 Å². The number of nitrogens with one attached hydrogen (secondary N) is 2. The molecule has 1 aliphatic heterocycles. The molecule has 1 aromatic carbocycles. The van der Waals surface area contributed by atoms with Gasteiger partial charge in [-0.1, -0.05) is 11.6 Å². The van der Waals surface area contributed by atoms with Crippen LogP contribution in [-0.4, -0.2) is 44.7 Å². The fraction of sp³-hybridized carbons (Fsp3) is 0.478. The van der Waals surface area contributed by atoms with E-state index in [2.05, 4.69) is 15.6 Å². The van der Waals surface area contributed by atoms with Crippen molar-refractivity contribution in [3.63, 3.8) is 0 Å². The number of nitrogens with two attached hydrogens (primary N) is 1. The van der Waals surface area contributed by atoms with Gasteiger partial charge in [-0.3, -0.25) is 9.36 Å². The second kappa shape index (κ2) is 9.71. The van der Waals surface area contributed by atoms with Crippen molar-refractivity contribution < 1.29 is 13.9 Å². The second-order valence-corrected chi connectivity index (χ2v) is 9.30. The summed E-state index contributed by atoms with van der Waals surface area (Å²) in [5.41, 5.74) is 7.40. The van der Waals surface area contributed by atoms with Crippen LogP contribution in [0, 0.1) is 11.7 Å². The smallest absolute Gasteiger partial charge is 0.224 e. The zero-order chi connectivity index (χ0) is 23.7. The highest BCUT2D eigenvalue weighted by molar-refractivity contribution is 6.33. The van der Waals surface area contributed by atoms with Crippen LogP contribution in [0.1, 0.15) is 44.6 Å². The van der Waals surface area contributed by atoms with E-state index in [9.17, 15) is 9.18 Å². The van der Waals surface area contributed by atoms with Crippen LogP contribution in [0.5, 0.6) is 0 Å². The summed E-state index contributed by atoms with van der Waals surface area (Å²) in [6.45, 7) is 1.43. The number of nitrogens with zero attached hydrogens (tertiary/aromatic N) is 4. The fourth-order valence-corrected chi connectivity index (χ4v) is 4.96. The van der Waals surface area contributed by atoms with Gasteiger partial charge < -0.3 is 21.1 Å². The molecule has 180 valence electrons. The molecule has 11 heteroatoms. The van der Waals surface area contributed by atoms with Gasteiger partial charge in [0, 0.05) is 31.2 Å². The summed E-state index contributed by atoms with van der Waals surface area (Å²) in [5.74, 6) is 0.301. The highest BCUT2D eigenvalue weighted by Crippen LogP contribution is 2.37. The number of benzene rings is 1. The lowest BCUT2D eigenvalue weighted by Crippen LogP contribution is -2.29. The molecule has 0 spiro atoms. The Balaban J connectivity index is 1.50. The molecule has 0 unspecified atom stereocenters. The number of amides is 1. The molecular weight excluding hydrogens is 461 g/mol. The Morgan fingerprint density at radius 1 is 1.15 bits per heavy atom. The molecule has 2 aromatic heterocycles. The zero-order valence-corrected chi connectivity index (χ0v) is 19.4. The molecule has 34 heavy (non-hydrogen) atoms. The lowest BCUT2D eigenvalue weighted by Gasteiger charge is -2.29. The van der Waals surface area contributed by atoms with Crippen molar-refractivity contribution in [1.29, 1.82) is 0 Å². The average molecular weight is 488 g/mol. The first-order valence-electron chi connectivity index (χ1n) is 11.6. The van der Waals surface area contributed by atoms with Gasteiger partial charge in [0.2, 0.25) is 17.8 Å². The Morgan fingerprint density at radius 2 is 1.91 bits per heavy atom. The van der Waals surface area contributed by atoms with Gasteiger partial charge >= 0.3 is 0 Å². The molecular formula is C23H27ClFN7O2. The minimum Gasteiger partial charge on any atom is -0.381 e. The van der Waals surface area contributed by atoms with Crippen molar-refractivity contribution in [2.75, 3.05) is 23.8 Å². The van der Waals surface area contributed by atoms with Gasteiger partial charge in [0.15, 0.2) is 5.65 Å². The Kier molecular flexibility index (Phi) is 6.51. The van der Waals surface area contributed by atoms with Crippen LogP contribution in [0.25, 0.3) is 11.2 Å². The molecule has 0 atom stereocenters. The third kappa shape index (κ3) is 4.78. The van der Waals surface area contributed by atoms with E-state index in [0.717, 1.165) is 25.7 Å². The number of hydrogen-bond donors (Lipinski definition) is 3. The number of aromatic nitrogens is 4. The topological polar surface area (TPSA) is 120 Å². The van der Waals surface area contributed by atoms with Crippen molar-refractivity contribution in [2.45, 2.75) is 50.6 Å². The highest BCUT2D eigenvalue weighted by Gasteiger charge is 2.29. The number of ether oxygens (including phenoxy) is 1. The van der Waals surface area contributed by atoms with Crippen LogP contribution in [-0.2, 0) is 9.53 Å². The number of hydrogen-bond acceptors (Lipinski definition) is 7. The summed E-state index contributed by atoms with van der Waals surface area (Å²) in [7, 11) is 0. The van der Waals surface area contributed by atoms with Crippen LogP contribution >= 0.6 is 11.6 Å². The molecule has 9 nitrogen and oxygen atoms in total. The lowest BCUT2D eigenvalue weighted by molar-refractivity contribution is -0.122. The number of anilines is 3. The molecule has 1 amide bonds. The molecule has 1 saturated heterocycles. The van der Waals surface area contributed by atoms with E-state index >= 15 is 0 Å². The third-order valence-electron chi connectivity index (χ3n) is 6.63. The standard InChI is InChI=1S/C23H27ClFN7O2/c24-17-11-14(25)3-6-18(17)29-23-30-19-12-27-22(28-15-7-9-34-10-8-15)31-21(19)32(23)16-4-1-13(2-5-16)20(26)33/h3,6,11-13,15-16H,1-2,4-5,7-10H2,(H2,26,33)(H,29,30)(H,27,28,31). The molecule has 2 aliphatic rings. The maximum absolute atomic E-state index is 13.6. The number of rotatable bonds is 6. The number of primary amides is 1. The SMILES string of the molecule is NC(=O)C1CCC(n2c(Nc3ccc(F)cc3Cl)nc3cnc(NC4CCOCC4)nc32)CC1. The van der Waals surface area contributed by atoms with E-state index in [1.165, 1.54) is 12.1 Å². The summed E-state index contributed by atoms with van der Waals surface area (Å²) in [6, 6.07) is 4.49. The lowest BCUT2D eigenvalue weighted by atomic mass is 9.85. The molecule has 0 radical (unpaired) electrons. The minimum absolute atomic E-state index is 0.0631. The third-order valence-corrected chi connectivity index (χ3v) is 6.94. The molecule has 3 heterocycles. The Bertz CT molecular complexity index is 1190. The molecule has 1 aliphatic carbocycles. The predicted molar refractivity (Wildman–Crippen MR) is 128 cm³/mol. The van der Waals surface area contributed by atoms with E-state index in [4.69, 9.17) is 32.0 Å². The maximum Gasteiger partial charge on any atom is 0.224 e. The number of halogens is 2. The number of fused-ring (bicyclic) bond motifs is 1. The van der Waals surface area contributed by atoms with Gasteiger partial charge in [-0.25, -0.2) is 14.4 Å². The number of carbonyl (C=O) groups excluding carboxylic acids is 1. The summed E-state index contributed by atoms with van der Waals surface area (Å²) in [6.07, 6.45) is 6.42. The minimum atomic E-state index is -0.413. The average Bonchev–Trinajstić information content (AvgIpc) is 3.19. The summed E-state index contributed by atoms with van der Waals surface area (Å²) < 4.78 is 21.0. The zero-order valence-electron chi connectivity index (χ0n) is 18.6. The quantitative estimate of drug-likeness (QED) is 0.477. The van der Waals surface area contributed by atoms with Gasteiger partial charge in [0.05, 0.1) is 16.9 Å². The second-order valence-electron chi connectivity index (χ2n) is 8.90. The number of carbonyl (C=O) groups is 1. The molecule has 5 rings (SSSR count). The van der Waals surface area contributed by atoms with Gasteiger partial charge in [-0.05, 0) is 56.7 Å². The first-order valence-corrected chi connectivity index (χ1v) is 12.0. The van der Waals surface area contributed by atoms with Gasteiger partial charge in [0.1, 0.15) is 11.3 Å². The molecule has 0 bridgehead atoms. The van der Waals surface area contributed by atoms with Crippen molar-refractivity contribution in [3.8, 4) is 0 Å². The molecule has 3 aromatic rings. The summed E-state index contributed by atoms with van der Waals surface area (Å²) in [5, 5.41) is 6.91. The van der Waals surface area contributed by atoms with E-state index in [0.29, 0.717) is 54.8 Å². The van der Waals surface area contributed by atoms with Gasteiger partial charge in [-0.2, -0.15) is 4.98 Å². The largest absolute Gasteiger partial charge is 0.381 e. The van der Waals surface area contributed by atoms with E-state index in [-0.39, 0.29) is 28.9 Å². The normalized spacial score (nSPS) is 21.5. The Labute approximate surface area is 201 Å². The fourth-order valence-electron chi connectivity index (χ4n) is 4.75. The van der Waals surface area contributed by atoms with Crippen LogP contribution in [0.15, 0.2) is 24.4 Å². The van der Waals surface area contributed by atoms with Crippen LogP contribution in [0.3, 0.4) is 0 Å². The number of imidazole rings is 1. The molecule has 2 fully saturated rings. The van der Waals surface area contributed by atoms with E-state index in [1.54, 1.807) is 12.3 Å². The van der Waals surface area contributed by atoms with Crippen molar-refractivity contribution in [2.24, 2.45) is 11.7 Å². The van der Waals surface area contributed by atoms with Gasteiger partial charge in [0.25, 0.3) is 0 Å². The van der Waals surface area contributed by atoms with Crippen LogP contribution in [0.2, 0.25) is 5.02 Å². The summed E-state index contributed by atoms with van der Waals surface area (Å²) in [4.78, 5) is 25.7.